The number of Topliss-reactive ketones (excluding diaryl/α,β-unsaturated/α-hetero) is 1. The second-order valence-corrected chi connectivity index (χ2v) is 7.98. The zero-order chi connectivity index (χ0) is 21.3. The summed E-state index contributed by atoms with van der Waals surface area (Å²) < 4.78 is 15.8. The van der Waals surface area contributed by atoms with E-state index in [-0.39, 0.29) is 27.9 Å². The van der Waals surface area contributed by atoms with Crippen LogP contribution in [0.15, 0.2) is 76.7 Å². The third kappa shape index (κ3) is 3.78. The van der Waals surface area contributed by atoms with Gasteiger partial charge in [0.2, 0.25) is 0 Å². The van der Waals surface area contributed by atoms with Crippen LogP contribution in [0.5, 0.6) is 0 Å². The van der Waals surface area contributed by atoms with Crippen LogP contribution in [-0.4, -0.2) is 21.1 Å². The van der Waals surface area contributed by atoms with Crippen LogP contribution in [0.4, 0.5) is 4.39 Å². The number of ketones is 1. The summed E-state index contributed by atoms with van der Waals surface area (Å²) in [6.07, 6.45) is 0. The van der Waals surface area contributed by atoms with Crippen molar-refractivity contribution < 1.29 is 9.18 Å². The van der Waals surface area contributed by atoms with E-state index >= 15 is 0 Å². The third-order valence-electron chi connectivity index (χ3n) is 4.86. The monoisotopic (exact) mass is 418 g/mol. The Labute approximate surface area is 177 Å². The molecule has 0 aliphatic heterocycles. The van der Waals surface area contributed by atoms with Crippen LogP contribution in [0, 0.1) is 19.7 Å². The molecule has 150 valence electrons. The summed E-state index contributed by atoms with van der Waals surface area (Å²) in [5.74, 6) is -0.508. The minimum absolute atomic E-state index is 0.0660. The molecule has 0 saturated carbocycles. The number of aryl methyl sites for hydroxylation is 2. The number of para-hydroxylation sites is 2. The maximum absolute atomic E-state index is 14.5. The van der Waals surface area contributed by atoms with Crippen molar-refractivity contribution in [3.63, 3.8) is 0 Å². The number of thioether (sulfide) groups is 1. The van der Waals surface area contributed by atoms with Crippen LogP contribution in [0.3, 0.4) is 0 Å². The highest BCUT2D eigenvalue weighted by molar-refractivity contribution is 7.99. The smallest absolute Gasteiger partial charge is 0.266 e. The average Bonchev–Trinajstić information content (AvgIpc) is 2.75. The van der Waals surface area contributed by atoms with E-state index in [1.807, 2.05) is 32.0 Å². The molecule has 0 radical (unpaired) electrons. The molecule has 0 fully saturated rings. The van der Waals surface area contributed by atoms with Gasteiger partial charge in [0, 0.05) is 5.56 Å². The van der Waals surface area contributed by atoms with Gasteiger partial charge in [-0.15, -0.1) is 0 Å². The van der Waals surface area contributed by atoms with E-state index in [2.05, 4.69) is 4.98 Å². The van der Waals surface area contributed by atoms with Crippen molar-refractivity contribution in [1.82, 2.24) is 9.55 Å². The first-order valence-corrected chi connectivity index (χ1v) is 10.4. The van der Waals surface area contributed by atoms with Gasteiger partial charge >= 0.3 is 0 Å². The molecular formula is C24H19FN2O2S. The van der Waals surface area contributed by atoms with Gasteiger partial charge in [-0.05, 0) is 49.7 Å². The quantitative estimate of drug-likeness (QED) is 0.257. The summed E-state index contributed by atoms with van der Waals surface area (Å²) in [5, 5.41) is 0.674. The first-order chi connectivity index (χ1) is 14.5. The molecule has 0 amide bonds. The summed E-state index contributed by atoms with van der Waals surface area (Å²) in [5.41, 5.74) is 2.79. The van der Waals surface area contributed by atoms with E-state index in [1.54, 1.807) is 36.4 Å². The number of rotatable bonds is 5. The van der Waals surface area contributed by atoms with Crippen LogP contribution in [-0.2, 0) is 0 Å². The number of nitrogens with zero attached hydrogens (tertiary/aromatic N) is 2. The molecule has 6 heteroatoms. The van der Waals surface area contributed by atoms with E-state index in [9.17, 15) is 14.0 Å². The van der Waals surface area contributed by atoms with Gasteiger partial charge in [-0.3, -0.25) is 14.2 Å². The van der Waals surface area contributed by atoms with Crippen molar-refractivity contribution in [3.8, 4) is 5.69 Å². The van der Waals surface area contributed by atoms with Crippen molar-refractivity contribution in [2.75, 3.05) is 5.75 Å². The van der Waals surface area contributed by atoms with Crippen LogP contribution in [0.2, 0.25) is 0 Å². The molecule has 0 atom stereocenters. The molecule has 0 unspecified atom stereocenters. The summed E-state index contributed by atoms with van der Waals surface area (Å²) in [6, 6.07) is 18.7. The number of benzene rings is 3. The minimum Gasteiger partial charge on any atom is -0.293 e. The van der Waals surface area contributed by atoms with Crippen molar-refractivity contribution in [3.05, 3.63) is 99.6 Å². The lowest BCUT2D eigenvalue weighted by atomic mass is 10.0. The maximum Gasteiger partial charge on any atom is 0.266 e. The van der Waals surface area contributed by atoms with Gasteiger partial charge in [-0.1, -0.05) is 53.7 Å². The zero-order valence-corrected chi connectivity index (χ0v) is 17.4. The summed E-state index contributed by atoms with van der Waals surface area (Å²) >= 11 is 1.13. The van der Waals surface area contributed by atoms with Crippen molar-refractivity contribution in [2.45, 2.75) is 19.0 Å². The highest BCUT2D eigenvalue weighted by atomic mass is 32.2. The lowest BCUT2D eigenvalue weighted by Crippen LogP contribution is -2.23. The molecule has 0 spiro atoms. The Kier molecular flexibility index (Phi) is 5.50. The van der Waals surface area contributed by atoms with Crippen LogP contribution in [0.1, 0.15) is 21.5 Å². The fourth-order valence-corrected chi connectivity index (χ4v) is 4.19. The Morgan fingerprint density at radius 2 is 1.77 bits per heavy atom. The van der Waals surface area contributed by atoms with Crippen molar-refractivity contribution in [2.24, 2.45) is 0 Å². The Bertz CT molecular complexity index is 1330. The number of carbonyl (C=O) groups is 1. The largest absolute Gasteiger partial charge is 0.293 e. The van der Waals surface area contributed by atoms with Gasteiger partial charge in [0.1, 0.15) is 5.82 Å². The molecule has 0 N–H and O–H groups in total. The molecular weight excluding hydrogens is 399 g/mol. The first-order valence-electron chi connectivity index (χ1n) is 9.45. The molecule has 1 aromatic heterocycles. The number of halogens is 1. The molecule has 0 saturated heterocycles. The highest BCUT2D eigenvalue weighted by Gasteiger charge is 2.18. The Hall–Kier alpha value is -3.25. The molecule has 0 bridgehead atoms. The standard InChI is InChI=1S/C24H19FN2O2S/c1-15-11-12-16(2)18(13-15)22(28)14-30-24-26-20-9-5-3-7-17(20)23(29)27(24)21-10-6-4-8-19(21)25/h3-13H,14H2,1-2H3. The molecule has 0 aliphatic rings. The van der Waals surface area contributed by atoms with E-state index in [0.29, 0.717) is 16.5 Å². The zero-order valence-electron chi connectivity index (χ0n) is 16.6. The van der Waals surface area contributed by atoms with Crippen molar-refractivity contribution >= 4 is 28.4 Å². The van der Waals surface area contributed by atoms with E-state index < -0.39 is 5.82 Å². The van der Waals surface area contributed by atoms with E-state index in [1.165, 1.54) is 16.7 Å². The second kappa shape index (κ2) is 8.24. The fraction of sp³-hybridized carbons (Fsp3) is 0.125. The molecule has 3 aromatic carbocycles. The molecule has 0 aliphatic carbocycles. The Morgan fingerprint density at radius 3 is 2.57 bits per heavy atom. The lowest BCUT2D eigenvalue weighted by molar-refractivity contribution is 0.102. The Morgan fingerprint density at radius 1 is 1.03 bits per heavy atom. The number of hydrogen-bond acceptors (Lipinski definition) is 4. The molecule has 1 heterocycles. The summed E-state index contributed by atoms with van der Waals surface area (Å²) in [6.45, 7) is 3.82. The number of hydrogen-bond donors (Lipinski definition) is 0. The van der Waals surface area contributed by atoms with Crippen LogP contribution < -0.4 is 5.56 Å². The van der Waals surface area contributed by atoms with Crippen LogP contribution >= 0.6 is 11.8 Å². The average molecular weight is 418 g/mol. The number of fused-ring (bicyclic) bond motifs is 1. The molecule has 4 nitrogen and oxygen atoms in total. The fourth-order valence-electron chi connectivity index (χ4n) is 3.30. The predicted octanol–water partition coefficient (Wildman–Crippen LogP) is 5.12. The second-order valence-electron chi connectivity index (χ2n) is 7.03. The lowest BCUT2D eigenvalue weighted by Gasteiger charge is -2.14. The highest BCUT2D eigenvalue weighted by Crippen LogP contribution is 2.24. The number of aromatic nitrogens is 2. The Balaban J connectivity index is 1.79. The normalized spacial score (nSPS) is 11.0. The molecule has 4 aromatic rings. The van der Waals surface area contributed by atoms with Gasteiger partial charge in [-0.2, -0.15) is 0 Å². The van der Waals surface area contributed by atoms with Gasteiger partial charge in [0.15, 0.2) is 10.9 Å². The van der Waals surface area contributed by atoms with Gasteiger partial charge < -0.3 is 0 Å². The molecule has 30 heavy (non-hydrogen) atoms. The minimum atomic E-state index is -0.528. The SMILES string of the molecule is Cc1ccc(C)c(C(=O)CSc2nc3ccccc3c(=O)n2-c2ccccc2F)c1. The summed E-state index contributed by atoms with van der Waals surface area (Å²) in [7, 11) is 0. The van der Waals surface area contributed by atoms with Gasteiger partial charge in [0.25, 0.3) is 5.56 Å². The maximum atomic E-state index is 14.5. The van der Waals surface area contributed by atoms with Crippen LogP contribution in [0.25, 0.3) is 16.6 Å². The van der Waals surface area contributed by atoms with E-state index in [4.69, 9.17) is 0 Å². The van der Waals surface area contributed by atoms with Gasteiger partial charge in [-0.25, -0.2) is 9.37 Å². The summed E-state index contributed by atoms with van der Waals surface area (Å²) in [4.78, 5) is 30.6. The van der Waals surface area contributed by atoms with E-state index in [0.717, 1.165) is 22.9 Å². The molecule has 4 rings (SSSR count). The third-order valence-corrected chi connectivity index (χ3v) is 5.80. The number of carbonyl (C=O) groups excluding carboxylic acids is 1. The van der Waals surface area contributed by atoms with Crippen molar-refractivity contribution in [1.29, 1.82) is 0 Å². The predicted molar refractivity (Wildman–Crippen MR) is 118 cm³/mol. The topological polar surface area (TPSA) is 52.0 Å². The first kappa shape index (κ1) is 20.0. The van der Waals surface area contributed by atoms with Gasteiger partial charge in [0.05, 0.1) is 22.3 Å².